The van der Waals surface area contributed by atoms with E-state index in [1.165, 1.54) is 0 Å². The van der Waals surface area contributed by atoms with E-state index in [0.29, 0.717) is 12.1 Å². The fourth-order valence-corrected chi connectivity index (χ4v) is 5.37. The summed E-state index contributed by atoms with van der Waals surface area (Å²) in [5.74, 6) is -1.10. The number of fused-ring (bicyclic) bond motifs is 1. The molecule has 1 N–H and O–H groups in total. The number of halogens is 6. The predicted molar refractivity (Wildman–Crippen MR) is 126 cm³/mol. The van der Waals surface area contributed by atoms with E-state index in [0.717, 1.165) is 42.8 Å². The molecule has 3 aliphatic rings. The van der Waals surface area contributed by atoms with Gasteiger partial charge in [0.1, 0.15) is 5.84 Å². The summed E-state index contributed by atoms with van der Waals surface area (Å²) < 4.78 is 56.7. The van der Waals surface area contributed by atoms with Gasteiger partial charge in [-0.1, -0.05) is 34.4 Å². The number of amidine groups is 1. The summed E-state index contributed by atoms with van der Waals surface area (Å²) in [7, 11) is 2.00. The van der Waals surface area contributed by atoms with Gasteiger partial charge < -0.3 is 20.0 Å². The molecule has 36 heavy (non-hydrogen) atoms. The summed E-state index contributed by atoms with van der Waals surface area (Å²) >= 11 is 11.5. The van der Waals surface area contributed by atoms with E-state index in [1.807, 2.05) is 7.05 Å². The third-order valence-electron chi connectivity index (χ3n) is 6.90. The van der Waals surface area contributed by atoms with Gasteiger partial charge in [0.2, 0.25) is 0 Å². The molecule has 2 aromatic rings. The molecule has 0 aliphatic carbocycles. The predicted octanol–water partition coefficient (Wildman–Crippen LogP) is 5.07. The van der Waals surface area contributed by atoms with Gasteiger partial charge in [0, 0.05) is 36.8 Å². The van der Waals surface area contributed by atoms with Crippen LogP contribution in [0.4, 0.5) is 17.6 Å². The monoisotopic (exact) mass is 544 g/mol. The summed E-state index contributed by atoms with van der Waals surface area (Å²) in [6, 6.07) is 7.09. The molecule has 6 nitrogen and oxygen atoms in total. The first-order valence-electron chi connectivity index (χ1n) is 11.3. The van der Waals surface area contributed by atoms with Crippen molar-refractivity contribution in [2.45, 2.75) is 43.8 Å². The summed E-state index contributed by atoms with van der Waals surface area (Å²) in [6.07, 6.45) is -4.63. The molecular weight excluding hydrogens is 523 g/mol. The van der Waals surface area contributed by atoms with E-state index in [2.05, 4.69) is 15.4 Å². The van der Waals surface area contributed by atoms with Crippen molar-refractivity contribution in [3.63, 3.8) is 0 Å². The van der Waals surface area contributed by atoms with Crippen LogP contribution in [-0.4, -0.2) is 53.9 Å². The third kappa shape index (κ3) is 4.39. The van der Waals surface area contributed by atoms with E-state index in [9.17, 15) is 22.4 Å². The topological polar surface area (TPSA) is 57.2 Å². The van der Waals surface area contributed by atoms with Crippen LogP contribution in [0.5, 0.6) is 0 Å². The number of alkyl halides is 3. The Bertz CT molecular complexity index is 1230. The number of rotatable bonds is 3. The molecule has 0 aromatic heterocycles. The van der Waals surface area contributed by atoms with Crippen molar-refractivity contribution in [3.8, 4) is 0 Å². The Hall–Kier alpha value is -2.56. The molecule has 0 radical (unpaired) electrons. The number of hydrogen-bond acceptors (Lipinski definition) is 5. The third-order valence-corrected chi connectivity index (χ3v) is 7.45. The zero-order chi connectivity index (χ0) is 25.8. The first-order chi connectivity index (χ1) is 17.0. The molecule has 0 saturated carbocycles. The highest BCUT2D eigenvalue weighted by Gasteiger charge is 2.63. The van der Waals surface area contributed by atoms with Crippen LogP contribution in [0.2, 0.25) is 10.0 Å². The molecule has 12 heteroatoms. The molecule has 0 spiro atoms. The smallest absolute Gasteiger partial charge is 0.372 e. The average Bonchev–Trinajstić information content (AvgIpc) is 3.54. The maximum absolute atomic E-state index is 14.3. The number of oxime groups is 1. The van der Waals surface area contributed by atoms with Gasteiger partial charge in [0.05, 0.1) is 16.5 Å². The minimum Gasteiger partial charge on any atom is -0.372 e. The highest BCUT2D eigenvalue weighted by molar-refractivity contribution is 6.35. The van der Waals surface area contributed by atoms with Gasteiger partial charge >= 0.3 is 6.18 Å². The van der Waals surface area contributed by atoms with Gasteiger partial charge in [-0.05, 0) is 55.4 Å². The highest BCUT2D eigenvalue weighted by atomic mass is 35.5. The van der Waals surface area contributed by atoms with E-state index in [-0.39, 0.29) is 24.3 Å². The van der Waals surface area contributed by atoms with Crippen molar-refractivity contribution in [1.29, 1.82) is 0 Å². The van der Waals surface area contributed by atoms with Crippen molar-refractivity contribution >= 4 is 34.9 Å². The minimum atomic E-state index is -4.88. The second-order valence-electron chi connectivity index (χ2n) is 9.42. The fourth-order valence-electron chi connectivity index (χ4n) is 4.89. The first-order valence-corrected chi connectivity index (χ1v) is 12.1. The Kier molecular flexibility index (Phi) is 6.33. The van der Waals surface area contributed by atoms with Gasteiger partial charge in [-0.2, -0.15) is 13.2 Å². The highest BCUT2D eigenvalue weighted by Crippen LogP contribution is 2.50. The SMILES string of the molecule is CN1CCC(NC(=O)c2ccc3c(c2)CN(C2=NOC(c4cc(Cl)c(F)c(Cl)c4)(C(F)(F)F)C2)C3)C1. The van der Waals surface area contributed by atoms with Crippen LogP contribution in [0.1, 0.15) is 39.9 Å². The normalized spacial score (nSPS) is 24.0. The number of likely N-dealkylation sites (tertiary alicyclic amines) is 1. The van der Waals surface area contributed by atoms with Crippen LogP contribution in [0.25, 0.3) is 0 Å². The van der Waals surface area contributed by atoms with E-state index < -0.39 is 39.6 Å². The quantitative estimate of drug-likeness (QED) is 0.432. The number of nitrogens with zero attached hydrogens (tertiary/aromatic N) is 3. The van der Waals surface area contributed by atoms with Crippen molar-refractivity contribution in [2.24, 2.45) is 5.16 Å². The standard InChI is InChI=1S/C24H22Cl2F4N4O2/c1-33-5-4-17(12-33)31-22(35)13-2-3-14-10-34(11-15(14)6-13)20-9-23(36-32-20,24(28,29)30)16-7-18(25)21(27)19(26)8-16/h2-3,6-8,17H,4-5,9-12H2,1H3,(H,31,35). The Balaban J connectivity index is 1.33. The van der Waals surface area contributed by atoms with Crippen molar-refractivity contribution in [2.75, 3.05) is 20.1 Å². The second-order valence-corrected chi connectivity index (χ2v) is 10.2. The van der Waals surface area contributed by atoms with Gasteiger partial charge in [-0.3, -0.25) is 4.79 Å². The molecule has 2 unspecified atom stereocenters. The van der Waals surface area contributed by atoms with Gasteiger partial charge in [0.15, 0.2) is 5.82 Å². The van der Waals surface area contributed by atoms with Crippen molar-refractivity contribution in [3.05, 3.63) is 68.4 Å². The summed E-state index contributed by atoms with van der Waals surface area (Å²) in [6.45, 7) is 2.29. The Morgan fingerprint density at radius 1 is 1.17 bits per heavy atom. The molecule has 3 heterocycles. The molecule has 2 atom stereocenters. The number of amides is 1. The number of nitrogens with one attached hydrogen (secondary N) is 1. The summed E-state index contributed by atoms with van der Waals surface area (Å²) in [4.78, 5) is 21.5. The zero-order valence-corrected chi connectivity index (χ0v) is 20.6. The lowest BCUT2D eigenvalue weighted by Gasteiger charge is -2.30. The number of benzene rings is 2. The van der Waals surface area contributed by atoms with Crippen LogP contribution in [-0.2, 0) is 23.5 Å². The molecule has 2 aromatic carbocycles. The van der Waals surface area contributed by atoms with Crippen molar-refractivity contribution < 1.29 is 27.2 Å². The fraction of sp³-hybridized carbons (Fsp3) is 0.417. The first kappa shape index (κ1) is 25.1. The number of carbonyl (C=O) groups excluding carboxylic acids is 1. The molecule has 1 amide bonds. The maximum Gasteiger partial charge on any atom is 0.435 e. The number of hydrogen-bond donors (Lipinski definition) is 1. The lowest BCUT2D eigenvalue weighted by molar-refractivity contribution is -0.275. The summed E-state index contributed by atoms with van der Waals surface area (Å²) in [5, 5.41) is 5.72. The summed E-state index contributed by atoms with van der Waals surface area (Å²) in [5.41, 5.74) is -1.08. The van der Waals surface area contributed by atoms with Crippen LogP contribution in [0.3, 0.4) is 0 Å². The molecule has 3 aliphatic heterocycles. The molecule has 5 rings (SSSR count). The molecule has 192 valence electrons. The molecular formula is C24H22Cl2F4N4O2. The molecule has 1 fully saturated rings. The second kappa shape index (κ2) is 9.08. The van der Waals surface area contributed by atoms with Gasteiger partial charge in [-0.15, -0.1) is 0 Å². The number of likely N-dealkylation sites (N-methyl/N-ethyl adjacent to an activating group) is 1. The van der Waals surface area contributed by atoms with Crippen LogP contribution in [0, 0.1) is 5.82 Å². The maximum atomic E-state index is 14.3. The lowest BCUT2D eigenvalue weighted by Crippen LogP contribution is -2.44. The van der Waals surface area contributed by atoms with Crippen LogP contribution < -0.4 is 5.32 Å². The van der Waals surface area contributed by atoms with E-state index in [1.54, 1.807) is 23.1 Å². The van der Waals surface area contributed by atoms with E-state index >= 15 is 0 Å². The largest absolute Gasteiger partial charge is 0.435 e. The van der Waals surface area contributed by atoms with Gasteiger partial charge in [0.25, 0.3) is 11.5 Å². The lowest BCUT2D eigenvalue weighted by atomic mass is 9.89. The average molecular weight is 545 g/mol. The van der Waals surface area contributed by atoms with Crippen molar-refractivity contribution in [1.82, 2.24) is 15.1 Å². The Morgan fingerprint density at radius 3 is 2.50 bits per heavy atom. The van der Waals surface area contributed by atoms with Crippen LogP contribution >= 0.6 is 23.2 Å². The van der Waals surface area contributed by atoms with Gasteiger partial charge in [-0.25, -0.2) is 4.39 Å². The molecule has 0 bridgehead atoms. The minimum absolute atomic E-state index is 0.0834. The van der Waals surface area contributed by atoms with Crippen LogP contribution in [0.15, 0.2) is 35.5 Å². The Morgan fingerprint density at radius 2 is 1.86 bits per heavy atom. The van der Waals surface area contributed by atoms with E-state index in [4.69, 9.17) is 28.0 Å². The Labute approximate surface area is 214 Å². The molecule has 1 saturated heterocycles. The zero-order valence-electron chi connectivity index (χ0n) is 19.1. The number of carbonyl (C=O) groups is 1.